The zero-order valence-electron chi connectivity index (χ0n) is 14.3. The van der Waals surface area contributed by atoms with Crippen molar-refractivity contribution in [2.45, 2.75) is 13.5 Å². The van der Waals surface area contributed by atoms with Gasteiger partial charge in [-0.1, -0.05) is 74.6 Å². The molecule has 0 fully saturated rings. The molecule has 0 heterocycles. The van der Waals surface area contributed by atoms with Crippen LogP contribution in [0.4, 0.5) is 0 Å². The van der Waals surface area contributed by atoms with Crippen molar-refractivity contribution in [1.82, 2.24) is 0 Å². The summed E-state index contributed by atoms with van der Waals surface area (Å²) in [5.41, 5.74) is 1.57. The van der Waals surface area contributed by atoms with Crippen molar-refractivity contribution >= 4 is 56.9 Å². The van der Waals surface area contributed by atoms with Crippen LogP contribution in [-0.2, 0) is 16.2 Å². The number of hydrogen-bond acceptors (Lipinski definition) is 4. The summed E-state index contributed by atoms with van der Waals surface area (Å²) >= 11 is 14.9. The Morgan fingerprint density at radius 1 is 1.26 bits per heavy atom. The second-order valence-corrected chi connectivity index (χ2v) is 7.15. The van der Waals surface area contributed by atoms with Crippen molar-refractivity contribution in [3.8, 4) is 5.75 Å². The molecule has 2 aromatic rings. The van der Waals surface area contributed by atoms with Crippen LogP contribution in [0.25, 0.3) is 6.08 Å². The number of carboxylic acids is 1. The van der Waals surface area contributed by atoms with Gasteiger partial charge in [0.25, 0.3) is 0 Å². The van der Waals surface area contributed by atoms with Crippen molar-refractivity contribution < 1.29 is 19.5 Å². The quantitative estimate of drug-likeness (QED) is 0.399. The lowest BCUT2D eigenvalue weighted by Gasteiger charge is -2.13. The lowest BCUT2D eigenvalue weighted by molar-refractivity contribution is -0.129. The van der Waals surface area contributed by atoms with Crippen LogP contribution in [0.5, 0.6) is 5.75 Å². The smallest absolute Gasteiger partial charge is 0.358 e. The van der Waals surface area contributed by atoms with Crippen LogP contribution in [0, 0.1) is 0 Å². The molecule has 0 aliphatic rings. The fourth-order valence-corrected chi connectivity index (χ4v) is 2.81. The molecule has 1 N–H and O–H groups in total. The topological polar surface area (TPSA) is 68.1 Å². The highest BCUT2D eigenvalue weighted by atomic mass is 79.9. The van der Waals surface area contributed by atoms with Gasteiger partial charge in [0, 0.05) is 15.6 Å². The predicted octanol–water partition coefficient (Wildman–Crippen LogP) is 5.63. The minimum atomic E-state index is -1.18. The van der Waals surface area contributed by atoms with E-state index in [1.54, 1.807) is 49.4 Å². The Labute approximate surface area is 175 Å². The molecule has 0 aliphatic carbocycles. The molecular formula is C19H16BrCl2NO4. The molecule has 0 bridgehead atoms. The third-order valence-corrected chi connectivity index (χ3v) is 4.09. The van der Waals surface area contributed by atoms with Crippen LogP contribution in [0.3, 0.4) is 0 Å². The number of oxime groups is 1. The van der Waals surface area contributed by atoms with Crippen LogP contribution in [0.1, 0.15) is 23.6 Å². The molecule has 142 valence electrons. The average Bonchev–Trinajstić information content (AvgIpc) is 2.62. The fourth-order valence-electron chi connectivity index (χ4n) is 2.24. The lowest BCUT2D eigenvalue weighted by atomic mass is 10.0. The first-order valence-corrected chi connectivity index (χ1v) is 9.43. The molecular weight excluding hydrogens is 457 g/mol. The van der Waals surface area contributed by atoms with Crippen LogP contribution >= 0.6 is 39.1 Å². The number of ether oxygens (including phenoxy) is 1. The van der Waals surface area contributed by atoms with E-state index in [-0.39, 0.29) is 23.4 Å². The van der Waals surface area contributed by atoms with Gasteiger partial charge in [-0.3, -0.25) is 0 Å². The molecule has 2 aromatic carbocycles. The number of carboxylic acid groups (broad SMARTS) is 1. The number of benzene rings is 2. The summed E-state index contributed by atoms with van der Waals surface area (Å²) in [4.78, 5) is 16.5. The number of rotatable bonds is 8. The molecule has 0 aromatic heterocycles. The lowest BCUT2D eigenvalue weighted by Crippen LogP contribution is -2.18. The Hall–Kier alpha value is -2.02. The highest BCUT2D eigenvalue weighted by molar-refractivity contribution is 9.10. The zero-order chi connectivity index (χ0) is 19.8. The maximum absolute atomic E-state index is 11.6. The minimum Gasteiger partial charge on any atom is -0.488 e. The van der Waals surface area contributed by atoms with Crippen LogP contribution in [0.15, 0.2) is 56.6 Å². The monoisotopic (exact) mass is 471 g/mol. The Kier molecular flexibility index (Phi) is 8.16. The van der Waals surface area contributed by atoms with E-state index >= 15 is 0 Å². The summed E-state index contributed by atoms with van der Waals surface area (Å²) in [5.74, 6) is -0.646. The van der Waals surface area contributed by atoms with Crippen molar-refractivity contribution in [2.75, 3.05) is 6.61 Å². The molecule has 0 atom stereocenters. The van der Waals surface area contributed by atoms with Gasteiger partial charge >= 0.3 is 5.97 Å². The molecule has 0 aliphatic heterocycles. The van der Waals surface area contributed by atoms with E-state index in [2.05, 4.69) is 21.1 Å². The number of nitrogens with zero attached hydrogens (tertiary/aromatic N) is 1. The molecule has 0 saturated heterocycles. The maximum Gasteiger partial charge on any atom is 0.358 e. The van der Waals surface area contributed by atoms with Gasteiger partial charge in [-0.05, 0) is 30.7 Å². The van der Waals surface area contributed by atoms with E-state index in [1.165, 1.54) is 0 Å². The first kappa shape index (κ1) is 21.3. The standard InChI is InChI=1S/C19H16BrCl2NO4/c1-2-27-23-18(19(24)25)15-6-4-3-5-13(15)11-26-16-10-14(20)8-7-12(16)9-17(21)22/h3-10H,2,11H2,1H3,(H,24,25)/b23-18+. The Morgan fingerprint density at radius 2 is 2.00 bits per heavy atom. The molecule has 2 rings (SSSR count). The third-order valence-electron chi connectivity index (χ3n) is 3.38. The summed E-state index contributed by atoms with van der Waals surface area (Å²) in [6.07, 6.45) is 1.57. The van der Waals surface area contributed by atoms with Crippen LogP contribution in [-0.4, -0.2) is 23.4 Å². The molecule has 8 heteroatoms. The van der Waals surface area contributed by atoms with Gasteiger partial charge in [0.15, 0.2) is 5.71 Å². The van der Waals surface area contributed by atoms with E-state index in [4.69, 9.17) is 32.8 Å². The maximum atomic E-state index is 11.6. The van der Waals surface area contributed by atoms with Gasteiger partial charge in [0.2, 0.25) is 0 Å². The van der Waals surface area contributed by atoms with Gasteiger partial charge in [-0.2, -0.15) is 0 Å². The van der Waals surface area contributed by atoms with E-state index in [1.807, 2.05) is 6.07 Å². The van der Waals surface area contributed by atoms with Crippen molar-refractivity contribution in [2.24, 2.45) is 5.16 Å². The molecule has 27 heavy (non-hydrogen) atoms. The summed E-state index contributed by atoms with van der Waals surface area (Å²) in [6, 6.07) is 12.3. The number of carbonyl (C=O) groups is 1. The molecule has 0 radical (unpaired) electrons. The van der Waals surface area contributed by atoms with Gasteiger partial charge < -0.3 is 14.7 Å². The summed E-state index contributed by atoms with van der Waals surface area (Å²) < 4.78 is 6.81. The van der Waals surface area contributed by atoms with E-state index in [9.17, 15) is 9.90 Å². The van der Waals surface area contributed by atoms with Crippen LogP contribution in [0.2, 0.25) is 0 Å². The second-order valence-electron chi connectivity index (χ2n) is 5.22. The number of hydrogen-bond donors (Lipinski definition) is 1. The SMILES string of the molecule is CCO/N=C(/C(=O)O)c1ccccc1COc1cc(Br)ccc1C=C(Cl)Cl. The highest BCUT2D eigenvalue weighted by Crippen LogP contribution is 2.28. The number of halogens is 3. The average molecular weight is 473 g/mol. The summed E-state index contributed by atoms with van der Waals surface area (Å²) in [7, 11) is 0. The Morgan fingerprint density at radius 3 is 2.67 bits per heavy atom. The van der Waals surface area contributed by atoms with Gasteiger partial charge in [-0.15, -0.1) is 0 Å². The van der Waals surface area contributed by atoms with Crippen molar-refractivity contribution in [3.63, 3.8) is 0 Å². The zero-order valence-corrected chi connectivity index (χ0v) is 17.4. The van der Waals surface area contributed by atoms with Gasteiger partial charge in [0.1, 0.15) is 23.5 Å². The fraction of sp³-hybridized carbons (Fsp3) is 0.158. The molecule has 0 saturated carbocycles. The Balaban J connectivity index is 2.34. The van der Waals surface area contributed by atoms with E-state index in [0.717, 1.165) is 4.47 Å². The molecule has 0 amide bonds. The first-order valence-electron chi connectivity index (χ1n) is 7.89. The molecule has 0 unspecified atom stereocenters. The minimum absolute atomic E-state index is 0.0968. The largest absolute Gasteiger partial charge is 0.488 e. The third kappa shape index (κ3) is 6.27. The molecule has 5 nitrogen and oxygen atoms in total. The second kappa shape index (κ2) is 10.3. The normalized spacial score (nSPS) is 11.0. The first-order chi connectivity index (χ1) is 12.9. The highest BCUT2D eigenvalue weighted by Gasteiger charge is 2.18. The van der Waals surface area contributed by atoms with Crippen LogP contribution < -0.4 is 4.74 Å². The van der Waals surface area contributed by atoms with Crippen molar-refractivity contribution in [1.29, 1.82) is 0 Å². The summed E-state index contributed by atoms with van der Waals surface area (Å²) in [5, 5.41) is 13.2. The molecule has 0 spiro atoms. The van der Waals surface area contributed by atoms with E-state index in [0.29, 0.717) is 22.4 Å². The number of aliphatic carboxylic acids is 1. The van der Waals surface area contributed by atoms with Gasteiger partial charge in [-0.25, -0.2) is 4.79 Å². The van der Waals surface area contributed by atoms with Gasteiger partial charge in [0.05, 0.1) is 0 Å². The van der Waals surface area contributed by atoms with E-state index < -0.39 is 5.97 Å². The predicted molar refractivity (Wildman–Crippen MR) is 110 cm³/mol. The summed E-state index contributed by atoms with van der Waals surface area (Å²) in [6.45, 7) is 2.11. The Bertz CT molecular complexity index is 880. The van der Waals surface area contributed by atoms with Crippen molar-refractivity contribution in [3.05, 3.63) is 68.1 Å².